The maximum absolute atomic E-state index is 11.1. The number of carbonyl (C=O) groups is 2. The molecule has 76 valence electrons. The first-order valence-electron chi connectivity index (χ1n) is 4.27. The van der Waals surface area contributed by atoms with Crippen LogP contribution in [-0.2, 0) is 14.3 Å². The van der Waals surface area contributed by atoms with Crippen molar-refractivity contribution in [3.05, 3.63) is 0 Å². The van der Waals surface area contributed by atoms with E-state index in [1.165, 1.54) is 6.92 Å². The molecule has 0 bridgehead atoms. The minimum Gasteiger partial charge on any atom is -0.460 e. The van der Waals surface area contributed by atoms with Gasteiger partial charge >= 0.3 is 5.97 Å². The van der Waals surface area contributed by atoms with Gasteiger partial charge in [0, 0.05) is 13.5 Å². The van der Waals surface area contributed by atoms with Gasteiger partial charge in [-0.1, -0.05) is 0 Å². The highest BCUT2D eigenvalue weighted by molar-refractivity contribution is 5.74. The highest BCUT2D eigenvalue weighted by atomic mass is 16.6. The van der Waals surface area contributed by atoms with Gasteiger partial charge in [0.25, 0.3) is 0 Å². The third kappa shape index (κ3) is 8.85. The minimum atomic E-state index is -0.451. The van der Waals surface area contributed by atoms with Crippen molar-refractivity contribution in [3.63, 3.8) is 0 Å². The van der Waals surface area contributed by atoms with Crippen LogP contribution in [-0.4, -0.2) is 24.0 Å². The third-order valence-corrected chi connectivity index (χ3v) is 1.12. The zero-order valence-electron chi connectivity index (χ0n) is 8.64. The van der Waals surface area contributed by atoms with Crippen molar-refractivity contribution < 1.29 is 14.3 Å². The van der Waals surface area contributed by atoms with Crippen molar-refractivity contribution in [1.29, 1.82) is 0 Å². The Morgan fingerprint density at radius 3 is 2.23 bits per heavy atom. The molecule has 0 aromatic carbocycles. The van der Waals surface area contributed by atoms with Crippen LogP contribution < -0.4 is 5.32 Å². The van der Waals surface area contributed by atoms with E-state index in [-0.39, 0.29) is 18.3 Å². The van der Waals surface area contributed by atoms with E-state index >= 15 is 0 Å². The zero-order valence-corrected chi connectivity index (χ0v) is 8.64. The number of hydrogen-bond acceptors (Lipinski definition) is 3. The molecule has 0 atom stereocenters. The molecule has 0 aliphatic carbocycles. The average molecular weight is 187 g/mol. The summed E-state index contributed by atoms with van der Waals surface area (Å²) in [7, 11) is 0. The summed E-state index contributed by atoms with van der Waals surface area (Å²) in [5, 5.41) is 2.52. The van der Waals surface area contributed by atoms with Crippen LogP contribution in [0.2, 0.25) is 0 Å². The van der Waals surface area contributed by atoms with E-state index in [9.17, 15) is 9.59 Å². The number of rotatable bonds is 3. The molecule has 0 heterocycles. The summed E-state index contributed by atoms with van der Waals surface area (Å²) in [6.45, 7) is 7.18. The summed E-state index contributed by atoms with van der Waals surface area (Å²) in [4.78, 5) is 21.5. The first kappa shape index (κ1) is 11.9. The summed E-state index contributed by atoms with van der Waals surface area (Å²) in [5.74, 6) is -0.426. The average Bonchev–Trinajstić information content (AvgIpc) is 1.81. The number of nitrogens with one attached hydrogen (secondary N) is 1. The SMILES string of the molecule is CC(=O)NCCC(=O)OC(C)(C)C. The molecule has 0 aromatic rings. The molecule has 0 unspecified atom stereocenters. The Labute approximate surface area is 78.6 Å². The van der Waals surface area contributed by atoms with Crippen LogP contribution in [0.4, 0.5) is 0 Å². The first-order chi connectivity index (χ1) is 5.81. The monoisotopic (exact) mass is 187 g/mol. The first-order valence-corrected chi connectivity index (χ1v) is 4.27. The Morgan fingerprint density at radius 2 is 1.85 bits per heavy atom. The van der Waals surface area contributed by atoms with Gasteiger partial charge in [-0.25, -0.2) is 0 Å². The van der Waals surface area contributed by atoms with E-state index in [0.717, 1.165) is 0 Å². The molecule has 0 saturated carbocycles. The fourth-order valence-corrected chi connectivity index (χ4v) is 0.733. The lowest BCUT2D eigenvalue weighted by atomic mass is 10.2. The second kappa shape index (κ2) is 4.84. The van der Waals surface area contributed by atoms with Gasteiger partial charge < -0.3 is 10.1 Å². The second-order valence-corrected chi connectivity index (χ2v) is 3.82. The molecule has 0 saturated heterocycles. The van der Waals surface area contributed by atoms with Crippen LogP contribution in [0.5, 0.6) is 0 Å². The fourth-order valence-electron chi connectivity index (χ4n) is 0.733. The van der Waals surface area contributed by atoms with Crippen LogP contribution in [0.3, 0.4) is 0 Å². The summed E-state index contributed by atoms with van der Waals surface area (Å²) in [6.07, 6.45) is 0.219. The minimum absolute atomic E-state index is 0.136. The quantitative estimate of drug-likeness (QED) is 0.666. The molecule has 0 aliphatic heterocycles. The lowest BCUT2D eigenvalue weighted by Gasteiger charge is -2.19. The molecule has 0 aromatic heterocycles. The molecule has 1 amide bonds. The van der Waals surface area contributed by atoms with Crippen LogP contribution >= 0.6 is 0 Å². The standard InChI is InChI=1S/C9H17NO3/c1-7(11)10-6-5-8(12)13-9(2,3)4/h5-6H2,1-4H3,(H,10,11). The van der Waals surface area contributed by atoms with Gasteiger partial charge in [-0.2, -0.15) is 0 Å². The topological polar surface area (TPSA) is 55.4 Å². The molecule has 1 N–H and O–H groups in total. The van der Waals surface area contributed by atoms with Gasteiger partial charge in [-0.05, 0) is 20.8 Å². The van der Waals surface area contributed by atoms with E-state index < -0.39 is 5.60 Å². The van der Waals surface area contributed by atoms with Crippen LogP contribution in [0, 0.1) is 0 Å². The summed E-state index contributed by atoms with van der Waals surface area (Å²) in [6, 6.07) is 0. The van der Waals surface area contributed by atoms with Crippen LogP contribution in [0.25, 0.3) is 0 Å². The summed E-state index contributed by atoms with van der Waals surface area (Å²) >= 11 is 0. The molecule has 0 spiro atoms. The number of ether oxygens (including phenoxy) is 1. The van der Waals surface area contributed by atoms with Gasteiger partial charge in [0.2, 0.25) is 5.91 Å². The Balaban J connectivity index is 3.59. The van der Waals surface area contributed by atoms with Crippen LogP contribution in [0.15, 0.2) is 0 Å². The predicted octanol–water partition coefficient (Wildman–Crippen LogP) is 0.854. The largest absolute Gasteiger partial charge is 0.460 e. The molecule has 4 heteroatoms. The van der Waals surface area contributed by atoms with Crippen molar-refractivity contribution in [2.45, 2.75) is 39.7 Å². The highest BCUT2D eigenvalue weighted by Gasteiger charge is 2.15. The zero-order chi connectivity index (χ0) is 10.5. The van der Waals surface area contributed by atoms with Crippen molar-refractivity contribution in [1.82, 2.24) is 5.32 Å². The van der Waals surface area contributed by atoms with Gasteiger partial charge in [0.1, 0.15) is 5.60 Å². The Kier molecular flexibility index (Phi) is 4.45. The number of esters is 1. The van der Waals surface area contributed by atoms with Gasteiger partial charge in [0.05, 0.1) is 6.42 Å². The van der Waals surface area contributed by atoms with Crippen molar-refractivity contribution in [3.8, 4) is 0 Å². The predicted molar refractivity (Wildman–Crippen MR) is 49.1 cm³/mol. The van der Waals surface area contributed by atoms with E-state index in [1.54, 1.807) is 0 Å². The molecule has 0 radical (unpaired) electrons. The number of amides is 1. The molecule has 0 fully saturated rings. The van der Waals surface area contributed by atoms with Crippen molar-refractivity contribution in [2.24, 2.45) is 0 Å². The Bertz CT molecular complexity index is 194. The molecule has 0 rings (SSSR count). The molecular formula is C9H17NO3. The Hall–Kier alpha value is -1.06. The smallest absolute Gasteiger partial charge is 0.308 e. The fraction of sp³-hybridized carbons (Fsp3) is 0.778. The molecule has 0 aliphatic rings. The third-order valence-electron chi connectivity index (χ3n) is 1.12. The molecule has 4 nitrogen and oxygen atoms in total. The maximum Gasteiger partial charge on any atom is 0.308 e. The van der Waals surface area contributed by atoms with E-state index in [2.05, 4.69) is 5.32 Å². The van der Waals surface area contributed by atoms with Crippen molar-refractivity contribution >= 4 is 11.9 Å². The van der Waals surface area contributed by atoms with E-state index in [4.69, 9.17) is 4.74 Å². The van der Waals surface area contributed by atoms with Gasteiger partial charge in [-0.3, -0.25) is 9.59 Å². The van der Waals surface area contributed by atoms with Crippen molar-refractivity contribution in [2.75, 3.05) is 6.54 Å². The molecule has 13 heavy (non-hydrogen) atoms. The van der Waals surface area contributed by atoms with E-state index in [1.807, 2.05) is 20.8 Å². The highest BCUT2D eigenvalue weighted by Crippen LogP contribution is 2.07. The number of hydrogen-bond donors (Lipinski definition) is 1. The summed E-state index contributed by atoms with van der Waals surface area (Å²) < 4.78 is 5.03. The van der Waals surface area contributed by atoms with E-state index in [0.29, 0.717) is 6.54 Å². The molecular weight excluding hydrogens is 170 g/mol. The second-order valence-electron chi connectivity index (χ2n) is 3.82. The van der Waals surface area contributed by atoms with Gasteiger partial charge in [0.15, 0.2) is 0 Å². The van der Waals surface area contributed by atoms with Gasteiger partial charge in [-0.15, -0.1) is 0 Å². The maximum atomic E-state index is 11.1. The normalized spacial score (nSPS) is 10.8. The Morgan fingerprint density at radius 1 is 1.31 bits per heavy atom. The lowest BCUT2D eigenvalue weighted by molar-refractivity contribution is -0.154. The number of carbonyl (C=O) groups excluding carboxylic acids is 2. The van der Waals surface area contributed by atoms with Crippen LogP contribution in [0.1, 0.15) is 34.1 Å². The summed E-state index contributed by atoms with van der Waals surface area (Å²) in [5.41, 5.74) is -0.451. The lowest BCUT2D eigenvalue weighted by Crippen LogP contribution is -2.28.